The fraction of sp³-hybridized carbons (Fsp3) is 0.600. The van der Waals surface area contributed by atoms with Crippen molar-refractivity contribution in [3.05, 3.63) is 12.2 Å². The van der Waals surface area contributed by atoms with Gasteiger partial charge in [0, 0.05) is 18.7 Å². The summed E-state index contributed by atoms with van der Waals surface area (Å²) in [5.41, 5.74) is 0. The van der Waals surface area contributed by atoms with Gasteiger partial charge < -0.3 is 10.4 Å². The molecule has 4 nitrogen and oxygen atoms in total. The molecule has 0 rings (SSSR count). The number of carboxylic acid groups (broad SMARTS) is 1. The molecule has 0 fully saturated rings. The smallest absolute Gasteiger partial charge is 0.328 e. The lowest BCUT2D eigenvalue weighted by molar-refractivity contribution is -0.131. The maximum absolute atomic E-state index is 11.0. The van der Waals surface area contributed by atoms with Crippen LogP contribution in [0, 0.1) is 0 Å². The van der Waals surface area contributed by atoms with Crippen LogP contribution in [0.2, 0.25) is 0 Å². The maximum Gasteiger partial charge on any atom is 0.328 e. The van der Waals surface area contributed by atoms with E-state index in [2.05, 4.69) is 11.6 Å². The Hall–Kier alpha value is -0.970. The molecule has 0 saturated heterocycles. The summed E-state index contributed by atoms with van der Waals surface area (Å²) in [6.07, 6.45) is 7.12. The van der Waals surface area contributed by atoms with Crippen LogP contribution in [0.5, 0.6) is 0 Å². The zero-order valence-electron chi connectivity index (χ0n) is 8.86. The van der Waals surface area contributed by atoms with Gasteiger partial charge in [-0.15, -0.1) is 0 Å². The predicted molar refractivity (Wildman–Crippen MR) is 62.0 cm³/mol. The molecule has 0 aliphatic heterocycles. The number of unbranched alkanes of at least 4 members (excludes halogenated alkanes) is 2. The second-order valence-electron chi connectivity index (χ2n) is 3.02. The first-order valence-corrected chi connectivity index (χ1v) is 6.24. The molecule has 1 amide bonds. The Labute approximate surface area is 94.1 Å². The van der Waals surface area contributed by atoms with Crippen LogP contribution in [-0.2, 0) is 9.59 Å². The van der Waals surface area contributed by atoms with Gasteiger partial charge in [-0.3, -0.25) is 4.79 Å². The summed E-state index contributed by atoms with van der Waals surface area (Å²) in [5.74, 6) is -0.306. The summed E-state index contributed by atoms with van der Waals surface area (Å²) in [5, 5.41) is 10.9. The van der Waals surface area contributed by atoms with Crippen molar-refractivity contribution in [3.8, 4) is 0 Å². The van der Waals surface area contributed by atoms with Gasteiger partial charge in [0.1, 0.15) is 0 Å². The molecule has 0 heterocycles. The minimum absolute atomic E-state index is 0.345. The van der Waals surface area contributed by atoms with Crippen molar-refractivity contribution >= 4 is 23.6 Å². The molecule has 0 aromatic carbocycles. The van der Waals surface area contributed by atoms with Crippen LogP contribution in [0.15, 0.2) is 12.2 Å². The number of carbonyl (C=O) groups is 2. The van der Waals surface area contributed by atoms with Crippen LogP contribution >= 0.6 is 11.8 Å². The first-order valence-electron chi connectivity index (χ1n) is 4.84. The Morgan fingerprint density at radius 2 is 2.00 bits per heavy atom. The van der Waals surface area contributed by atoms with E-state index in [1.807, 2.05) is 11.8 Å². The van der Waals surface area contributed by atoms with Crippen molar-refractivity contribution in [3.63, 3.8) is 0 Å². The maximum atomic E-state index is 11.0. The van der Waals surface area contributed by atoms with Crippen molar-refractivity contribution in [1.82, 2.24) is 5.32 Å². The van der Waals surface area contributed by atoms with Crippen LogP contribution in [0.1, 0.15) is 19.3 Å². The Morgan fingerprint density at radius 1 is 1.27 bits per heavy atom. The van der Waals surface area contributed by atoms with Crippen molar-refractivity contribution in [1.29, 1.82) is 0 Å². The van der Waals surface area contributed by atoms with Gasteiger partial charge in [0.15, 0.2) is 0 Å². The molecule has 0 aliphatic rings. The van der Waals surface area contributed by atoms with Crippen LogP contribution in [0.25, 0.3) is 0 Å². The average Bonchev–Trinajstić information content (AvgIpc) is 2.20. The molecule has 5 heteroatoms. The summed E-state index contributed by atoms with van der Waals surface area (Å²) in [4.78, 5) is 21.1. The molecule has 0 aliphatic carbocycles. The first-order chi connectivity index (χ1) is 7.16. The molecule has 2 N–H and O–H groups in total. The number of rotatable bonds is 8. The Morgan fingerprint density at radius 3 is 2.60 bits per heavy atom. The fourth-order valence-electron chi connectivity index (χ4n) is 0.966. The number of hydrogen-bond donors (Lipinski definition) is 2. The summed E-state index contributed by atoms with van der Waals surface area (Å²) in [6, 6.07) is 0. The molecule has 0 atom stereocenters. The van der Waals surface area contributed by atoms with E-state index in [0.717, 1.165) is 37.2 Å². The molecule has 0 spiro atoms. The van der Waals surface area contributed by atoms with E-state index in [0.29, 0.717) is 6.54 Å². The molecule has 0 aromatic heterocycles. The second-order valence-corrected chi connectivity index (χ2v) is 4.00. The van der Waals surface area contributed by atoms with Gasteiger partial charge in [-0.2, -0.15) is 11.8 Å². The highest BCUT2D eigenvalue weighted by Crippen LogP contribution is 2.01. The number of carbonyl (C=O) groups excluding carboxylic acids is 1. The number of thioether (sulfide) groups is 1. The third-order valence-corrected chi connectivity index (χ3v) is 2.40. The summed E-state index contributed by atoms with van der Waals surface area (Å²) in [7, 11) is 0. The third-order valence-electron chi connectivity index (χ3n) is 1.70. The quantitative estimate of drug-likeness (QED) is 0.488. The highest BCUT2D eigenvalue weighted by atomic mass is 32.2. The lowest BCUT2D eigenvalue weighted by atomic mass is 10.2. The molecule has 0 radical (unpaired) electrons. The van der Waals surface area contributed by atoms with Crippen molar-refractivity contribution in [2.45, 2.75) is 19.3 Å². The minimum Gasteiger partial charge on any atom is -0.478 e. The molecule has 0 saturated carbocycles. The molecule has 0 aromatic rings. The molecular weight excluding hydrogens is 214 g/mol. The van der Waals surface area contributed by atoms with Crippen molar-refractivity contribution < 1.29 is 14.7 Å². The minimum atomic E-state index is -1.11. The highest BCUT2D eigenvalue weighted by Gasteiger charge is 1.95. The third kappa shape index (κ3) is 11.0. The normalized spacial score (nSPS) is 10.5. The number of aliphatic carboxylic acids is 1. The van der Waals surface area contributed by atoms with E-state index in [9.17, 15) is 9.59 Å². The zero-order valence-corrected chi connectivity index (χ0v) is 9.68. The van der Waals surface area contributed by atoms with Crippen LogP contribution in [-0.4, -0.2) is 35.5 Å². The van der Waals surface area contributed by atoms with Gasteiger partial charge >= 0.3 is 5.97 Å². The van der Waals surface area contributed by atoms with Gasteiger partial charge in [-0.05, 0) is 24.9 Å². The van der Waals surface area contributed by atoms with Crippen molar-refractivity contribution in [2.75, 3.05) is 18.6 Å². The number of amides is 1. The van der Waals surface area contributed by atoms with Gasteiger partial charge in [-0.25, -0.2) is 4.79 Å². The fourth-order valence-corrected chi connectivity index (χ4v) is 1.46. The average molecular weight is 231 g/mol. The van der Waals surface area contributed by atoms with Gasteiger partial charge in [-0.1, -0.05) is 6.42 Å². The molecule has 15 heavy (non-hydrogen) atoms. The van der Waals surface area contributed by atoms with E-state index >= 15 is 0 Å². The number of hydrogen-bond acceptors (Lipinski definition) is 3. The molecule has 86 valence electrons. The van der Waals surface area contributed by atoms with E-state index in [-0.39, 0.29) is 5.91 Å². The lowest BCUT2D eigenvalue weighted by Gasteiger charge is -2.01. The zero-order chi connectivity index (χ0) is 11.5. The Balaban J connectivity index is 3.35. The Bertz CT molecular complexity index is 229. The van der Waals surface area contributed by atoms with E-state index < -0.39 is 5.97 Å². The van der Waals surface area contributed by atoms with Gasteiger partial charge in [0.25, 0.3) is 0 Å². The standard InChI is InChI=1S/C10H17NO3S/c1-15-8-4-2-3-7-11-9(12)5-6-10(13)14/h5-6H,2-4,7-8H2,1H3,(H,11,12)(H,13,14)/b6-5+. The SMILES string of the molecule is CSCCCCCNC(=O)/C=C/C(=O)O. The van der Waals surface area contributed by atoms with Crippen LogP contribution in [0.3, 0.4) is 0 Å². The summed E-state index contributed by atoms with van der Waals surface area (Å²) >= 11 is 1.81. The van der Waals surface area contributed by atoms with Gasteiger partial charge in [0.2, 0.25) is 5.91 Å². The number of carboxylic acids is 1. The second kappa shape index (κ2) is 9.58. The highest BCUT2D eigenvalue weighted by molar-refractivity contribution is 7.98. The van der Waals surface area contributed by atoms with E-state index in [1.54, 1.807) is 0 Å². The van der Waals surface area contributed by atoms with E-state index in [1.165, 1.54) is 0 Å². The monoisotopic (exact) mass is 231 g/mol. The number of nitrogens with one attached hydrogen (secondary N) is 1. The topological polar surface area (TPSA) is 66.4 Å². The first kappa shape index (κ1) is 14.0. The predicted octanol–water partition coefficient (Wildman–Crippen LogP) is 1.28. The largest absolute Gasteiger partial charge is 0.478 e. The van der Waals surface area contributed by atoms with Crippen LogP contribution in [0.4, 0.5) is 0 Å². The van der Waals surface area contributed by atoms with Gasteiger partial charge in [0.05, 0.1) is 0 Å². The van der Waals surface area contributed by atoms with E-state index in [4.69, 9.17) is 5.11 Å². The van der Waals surface area contributed by atoms with Crippen molar-refractivity contribution in [2.24, 2.45) is 0 Å². The summed E-state index contributed by atoms with van der Waals surface area (Å²) < 4.78 is 0. The van der Waals surface area contributed by atoms with Crippen LogP contribution < -0.4 is 5.32 Å². The lowest BCUT2D eigenvalue weighted by Crippen LogP contribution is -2.22. The summed E-state index contributed by atoms with van der Waals surface area (Å²) in [6.45, 7) is 0.608. The molecule has 0 bridgehead atoms. The Kier molecular flexibility index (Phi) is 8.96. The molecular formula is C10H17NO3S. The molecule has 0 unspecified atom stereocenters.